The van der Waals surface area contributed by atoms with E-state index in [0.29, 0.717) is 12.5 Å². The minimum Gasteiger partial charge on any atom is -0.355 e. The average molecular weight is 550 g/mol. The third-order valence-corrected chi connectivity index (χ3v) is 5.91. The summed E-state index contributed by atoms with van der Waals surface area (Å²) in [5, 5.41) is 8.23. The summed E-state index contributed by atoms with van der Waals surface area (Å²) in [4.78, 5) is 17.3. The SMILES string of the molecule is CN=C(NCC(=O)Nc1ccc(F)c(F)c1F)NCC1(Sc2ccccc2)CC1.I. The van der Waals surface area contributed by atoms with Crippen LogP contribution in [0.15, 0.2) is 52.4 Å². The highest BCUT2D eigenvalue weighted by Gasteiger charge is 2.43. The van der Waals surface area contributed by atoms with Gasteiger partial charge in [-0.05, 0) is 37.1 Å². The van der Waals surface area contributed by atoms with E-state index in [1.54, 1.807) is 7.05 Å². The quantitative estimate of drug-likeness (QED) is 0.210. The van der Waals surface area contributed by atoms with Gasteiger partial charge >= 0.3 is 0 Å². The van der Waals surface area contributed by atoms with Crippen LogP contribution >= 0.6 is 35.7 Å². The zero-order valence-electron chi connectivity index (χ0n) is 16.2. The summed E-state index contributed by atoms with van der Waals surface area (Å²) in [5.74, 6) is -4.57. The first kappa shape index (κ1) is 24.3. The molecule has 0 bridgehead atoms. The van der Waals surface area contributed by atoms with Crippen LogP contribution in [-0.2, 0) is 4.79 Å². The maximum atomic E-state index is 13.6. The van der Waals surface area contributed by atoms with Crippen LogP contribution in [-0.4, -0.2) is 36.8 Å². The molecule has 0 heterocycles. The van der Waals surface area contributed by atoms with E-state index >= 15 is 0 Å². The second-order valence-electron chi connectivity index (χ2n) is 6.65. The molecule has 1 amide bonds. The van der Waals surface area contributed by atoms with Crippen molar-refractivity contribution in [2.24, 2.45) is 4.99 Å². The van der Waals surface area contributed by atoms with Crippen LogP contribution < -0.4 is 16.0 Å². The van der Waals surface area contributed by atoms with Crippen molar-refractivity contribution in [2.45, 2.75) is 22.5 Å². The van der Waals surface area contributed by atoms with Crippen LogP contribution in [0.1, 0.15) is 12.8 Å². The molecule has 0 atom stereocenters. The van der Waals surface area contributed by atoms with Gasteiger partial charge in [0, 0.05) is 23.2 Å². The minimum absolute atomic E-state index is 0. The molecule has 3 N–H and O–H groups in total. The molecule has 0 aliphatic heterocycles. The highest BCUT2D eigenvalue weighted by molar-refractivity contribution is 14.0. The number of benzene rings is 2. The van der Waals surface area contributed by atoms with Gasteiger partial charge < -0.3 is 16.0 Å². The normalized spacial score (nSPS) is 14.5. The largest absolute Gasteiger partial charge is 0.355 e. The number of thioether (sulfide) groups is 1. The van der Waals surface area contributed by atoms with Crippen molar-refractivity contribution in [1.29, 1.82) is 0 Å². The van der Waals surface area contributed by atoms with E-state index < -0.39 is 29.0 Å². The lowest BCUT2D eigenvalue weighted by Gasteiger charge is -2.18. The first-order chi connectivity index (χ1) is 13.9. The monoisotopic (exact) mass is 550 g/mol. The summed E-state index contributed by atoms with van der Waals surface area (Å²) < 4.78 is 39.9. The predicted molar refractivity (Wildman–Crippen MR) is 124 cm³/mol. The molecule has 0 unspecified atom stereocenters. The van der Waals surface area contributed by atoms with Crippen molar-refractivity contribution in [3.8, 4) is 0 Å². The van der Waals surface area contributed by atoms with Crippen molar-refractivity contribution in [3.05, 3.63) is 59.9 Å². The molecule has 2 aromatic rings. The number of amides is 1. The van der Waals surface area contributed by atoms with E-state index in [-0.39, 0.29) is 35.3 Å². The molecule has 0 aromatic heterocycles. The lowest BCUT2D eigenvalue weighted by Crippen LogP contribution is -2.44. The lowest BCUT2D eigenvalue weighted by atomic mass is 10.2. The predicted octanol–water partition coefficient (Wildman–Crippen LogP) is 4.15. The fourth-order valence-corrected chi connectivity index (χ4v) is 3.88. The molecule has 162 valence electrons. The van der Waals surface area contributed by atoms with Crippen LogP contribution in [0, 0.1) is 17.5 Å². The summed E-state index contributed by atoms with van der Waals surface area (Å²) >= 11 is 1.81. The van der Waals surface area contributed by atoms with E-state index in [1.165, 1.54) is 4.90 Å². The molecule has 0 radical (unpaired) electrons. The molecule has 1 aliphatic rings. The maximum absolute atomic E-state index is 13.6. The van der Waals surface area contributed by atoms with Crippen LogP contribution in [0.25, 0.3) is 0 Å². The van der Waals surface area contributed by atoms with Gasteiger partial charge in [0.1, 0.15) is 0 Å². The number of halogens is 4. The molecular weight excluding hydrogens is 528 g/mol. The number of aliphatic imine (C=N–C) groups is 1. The molecular formula is C20H22F3IN4OS. The van der Waals surface area contributed by atoms with Crippen LogP contribution in [0.3, 0.4) is 0 Å². The Morgan fingerprint density at radius 2 is 1.77 bits per heavy atom. The van der Waals surface area contributed by atoms with Gasteiger partial charge in [-0.15, -0.1) is 35.7 Å². The summed E-state index contributed by atoms with van der Waals surface area (Å²) in [6.07, 6.45) is 2.15. The van der Waals surface area contributed by atoms with Gasteiger partial charge in [0.15, 0.2) is 23.4 Å². The van der Waals surface area contributed by atoms with E-state index in [9.17, 15) is 18.0 Å². The Labute approximate surface area is 194 Å². The third kappa shape index (κ3) is 6.53. The Hall–Kier alpha value is -1.95. The smallest absolute Gasteiger partial charge is 0.243 e. The zero-order chi connectivity index (χ0) is 20.9. The highest BCUT2D eigenvalue weighted by Crippen LogP contribution is 2.51. The molecule has 0 spiro atoms. The van der Waals surface area contributed by atoms with Crippen LogP contribution in [0.4, 0.5) is 18.9 Å². The number of rotatable bonds is 7. The van der Waals surface area contributed by atoms with Crippen molar-refractivity contribution in [3.63, 3.8) is 0 Å². The highest BCUT2D eigenvalue weighted by atomic mass is 127. The molecule has 1 aliphatic carbocycles. The summed E-state index contributed by atoms with van der Waals surface area (Å²) in [6.45, 7) is 0.461. The molecule has 10 heteroatoms. The van der Waals surface area contributed by atoms with Crippen molar-refractivity contribution < 1.29 is 18.0 Å². The standard InChI is InChI=1S/C20H21F3N4OS.HI/c1-24-19(26-12-20(9-10-20)29-13-5-3-2-4-6-13)25-11-16(28)27-15-8-7-14(21)17(22)18(15)23;/h2-8H,9-12H2,1H3,(H,27,28)(H2,24,25,26);1H. The molecule has 2 aromatic carbocycles. The van der Waals surface area contributed by atoms with Gasteiger partial charge in [-0.2, -0.15) is 0 Å². The molecule has 5 nitrogen and oxygen atoms in total. The number of hydrogen-bond donors (Lipinski definition) is 3. The van der Waals surface area contributed by atoms with Gasteiger partial charge in [0.05, 0.1) is 12.2 Å². The van der Waals surface area contributed by atoms with Crippen LogP contribution in [0.5, 0.6) is 0 Å². The number of guanidine groups is 1. The minimum atomic E-state index is -1.63. The summed E-state index contributed by atoms with van der Waals surface area (Å²) in [5.41, 5.74) is -0.421. The van der Waals surface area contributed by atoms with Gasteiger partial charge in [-0.3, -0.25) is 9.79 Å². The fourth-order valence-electron chi connectivity index (χ4n) is 2.64. The first-order valence-corrected chi connectivity index (χ1v) is 9.86. The Balaban J connectivity index is 0.00000320. The fraction of sp³-hybridized carbons (Fsp3) is 0.300. The van der Waals surface area contributed by atoms with E-state index in [4.69, 9.17) is 0 Å². The topological polar surface area (TPSA) is 65.5 Å². The molecule has 30 heavy (non-hydrogen) atoms. The Bertz CT molecular complexity index is 910. The first-order valence-electron chi connectivity index (χ1n) is 9.04. The molecule has 1 saturated carbocycles. The Kier molecular flexibility index (Phi) is 8.83. The van der Waals surface area contributed by atoms with E-state index in [1.807, 2.05) is 30.0 Å². The van der Waals surface area contributed by atoms with Crippen molar-refractivity contribution >= 4 is 53.3 Å². The second-order valence-corrected chi connectivity index (χ2v) is 8.19. The molecule has 0 saturated heterocycles. The van der Waals surface area contributed by atoms with Gasteiger partial charge in [0.25, 0.3) is 0 Å². The lowest BCUT2D eigenvalue weighted by molar-refractivity contribution is -0.115. The van der Waals surface area contributed by atoms with Crippen LogP contribution in [0.2, 0.25) is 0 Å². The second kappa shape index (κ2) is 10.9. The van der Waals surface area contributed by atoms with Gasteiger partial charge in [-0.1, -0.05) is 18.2 Å². The number of nitrogens with zero attached hydrogens (tertiary/aromatic N) is 1. The third-order valence-electron chi connectivity index (χ3n) is 4.41. The maximum Gasteiger partial charge on any atom is 0.243 e. The molecule has 1 fully saturated rings. The summed E-state index contributed by atoms with van der Waals surface area (Å²) in [7, 11) is 1.58. The Morgan fingerprint density at radius 3 is 2.40 bits per heavy atom. The molecule has 3 rings (SSSR count). The number of anilines is 1. The zero-order valence-corrected chi connectivity index (χ0v) is 19.3. The Morgan fingerprint density at radius 1 is 1.07 bits per heavy atom. The number of carbonyl (C=O) groups excluding carboxylic acids is 1. The number of hydrogen-bond acceptors (Lipinski definition) is 3. The van der Waals surface area contributed by atoms with Gasteiger partial charge in [0.2, 0.25) is 5.91 Å². The number of carbonyl (C=O) groups is 1. The van der Waals surface area contributed by atoms with Crippen molar-refractivity contribution in [2.75, 3.05) is 25.5 Å². The summed E-state index contributed by atoms with van der Waals surface area (Å²) in [6, 6.07) is 11.8. The van der Waals surface area contributed by atoms with E-state index in [0.717, 1.165) is 25.0 Å². The number of nitrogens with one attached hydrogen (secondary N) is 3. The average Bonchev–Trinajstić information content (AvgIpc) is 3.49. The van der Waals surface area contributed by atoms with Gasteiger partial charge in [-0.25, -0.2) is 13.2 Å². The van der Waals surface area contributed by atoms with Crippen molar-refractivity contribution in [1.82, 2.24) is 10.6 Å². The van der Waals surface area contributed by atoms with E-state index in [2.05, 4.69) is 33.1 Å².